The topological polar surface area (TPSA) is 49.8 Å². The molecule has 4 nitrogen and oxygen atoms in total. The third-order valence-corrected chi connectivity index (χ3v) is 5.51. The second kappa shape index (κ2) is 6.01. The molecule has 0 spiro atoms. The lowest BCUT2D eigenvalue weighted by Crippen LogP contribution is -2.53. The van der Waals surface area contributed by atoms with Gasteiger partial charge in [0.05, 0.1) is 5.60 Å². The maximum atomic E-state index is 12.6. The normalized spacial score (nSPS) is 29.0. The molecule has 1 aromatic carbocycles. The predicted octanol–water partition coefficient (Wildman–Crippen LogP) is 4.36. The van der Waals surface area contributed by atoms with E-state index in [0.717, 1.165) is 29.5 Å². The van der Waals surface area contributed by atoms with Crippen LogP contribution < -0.4 is 0 Å². The molecule has 2 fully saturated rings. The summed E-state index contributed by atoms with van der Waals surface area (Å²) in [4.78, 5) is 14.5. The Bertz CT molecular complexity index is 652. The summed E-state index contributed by atoms with van der Waals surface area (Å²) in [6.07, 6.45) is 2.83. The summed E-state index contributed by atoms with van der Waals surface area (Å²) in [6, 6.07) is 4.39. The zero-order valence-electron chi connectivity index (χ0n) is 16.3. The monoisotopic (exact) mass is 345 g/mol. The highest BCUT2D eigenvalue weighted by atomic mass is 16.6. The maximum Gasteiger partial charge on any atom is 0.410 e. The Labute approximate surface area is 151 Å². The van der Waals surface area contributed by atoms with E-state index in [1.807, 2.05) is 25.7 Å². The van der Waals surface area contributed by atoms with Gasteiger partial charge in [0.1, 0.15) is 5.60 Å². The molecule has 0 radical (unpaired) electrons. The van der Waals surface area contributed by atoms with Gasteiger partial charge in [-0.25, -0.2) is 4.79 Å². The quantitative estimate of drug-likeness (QED) is 0.822. The van der Waals surface area contributed by atoms with E-state index in [1.165, 1.54) is 5.56 Å². The number of fused-ring (bicyclic) bond motifs is 2. The van der Waals surface area contributed by atoms with Gasteiger partial charge in [-0.2, -0.15) is 0 Å². The maximum absolute atomic E-state index is 12.6. The molecule has 2 bridgehead atoms. The summed E-state index contributed by atoms with van der Waals surface area (Å²) in [7, 11) is 0. The number of amides is 1. The second-order valence-corrected chi connectivity index (χ2v) is 8.99. The average molecular weight is 345 g/mol. The van der Waals surface area contributed by atoms with Crippen molar-refractivity contribution < 1.29 is 14.6 Å². The first-order chi connectivity index (χ1) is 11.5. The van der Waals surface area contributed by atoms with E-state index in [-0.39, 0.29) is 18.2 Å². The Morgan fingerprint density at radius 3 is 2.04 bits per heavy atom. The zero-order valence-corrected chi connectivity index (χ0v) is 16.3. The van der Waals surface area contributed by atoms with Gasteiger partial charge in [0.2, 0.25) is 0 Å². The first-order valence-corrected chi connectivity index (χ1v) is 9.32. The van der Waals surface area contributed by atoms with Crippen molar-refractivity contribution in [1.82, 2.24) is 4.90 Å². The number of carbonyl (C=O) groups is 1. The minimum atomic E-state index is -0.855. The van der Waals surface area contributed by atoms with Crippen molar-refractivity contribution in [3.8, 4) is 0 Å². The molecule has 2 aliphatic heterocycles. The van der Waals surface area contributed by atoms with Crippen molar-refractivity contribution in [1.29, 1.82) is 0 Å². The highest BCUT2D eigenvalue weighted by Gasteiger charge is 2.51. The van der Waals surface area contributed by atoms with Crippen LogP contribution in [0.15, 0.2) is 12.1 Å². The molecule has 2 unspecified atom stereocenters. The molecular formula is C21H31NO3. The van der Waals surface area contributed by atoms with Gasteiger partial charge in [0.15, 0.2) is 0 Å². The number of hydrogen-bond acceptors (Lipinski definition) is 3. The lowest BCUT2D eigenvalue weighted by molar-refractivity contribution is -0.0630. The van der Waals surface area contributed by atoms with Crippen molar-refractivity contribution >= 4 is 6.09 Å². The minimum absolute atomic E-state index is 0.0544. The van der Waals surface area contributed by atoms with Gasteiger partial charge in [0, 0.05) is 24.9 Å². The van der Waals surface area contributed by atoms with Crippen LogP contribution in [-0.4, -0.2) is 33.8 Å². The van der Waals surface area contributed by atoms with Crippen molar-refractivity contribution in [2.24, 2.45) is 0 Å². The number of piperidine rings is 1. The van der Waals surface area contributed by atoms with Crippen LogP contribution >= 0.6 is 0 Å². The highest BCUT2D eigenvalue weighted by Crippen LogP contribution is 2.47. The van der Waals surface area contributed by atoms with Gasteiger partial charge in [-0.05, 0) is 71.1 Å². The summed E-state index contributed by atoms with van der Waals surface area (Å²) >= 11 is 0. The third-order valence-electron chi connectivity index (χ3n) is 5.51. The summed E-state index contributed by atoms with van der Waals surface area (Å²) in [5.74, 6) is 0. The molecule has 0 saturated carbocycles. The fourth-order valence-corrected chi connectivity index (χ4v) is 4.96. The fraction of sp³-hybridized carbons (Fsp3) is 0.667. The highest BCUT2D eigenvalue weighted by molar-refractivity contribution is 5.70. The smallest absolute Gasteiger partial charge is 0.410 e. The molecule has 2 atom stereocenters. The van der Waals surface area contributed by atoms with Crippen LogP contribution in [-0.2, 0) is 10.3 Å². The molecule has 4 heteroatoms. The van der Waals surface area contributed by atoms with Gasteiger partial charge in [0.25, 0.3) is 0 Å². The van der Waals surface area contributed by atoms with E-state index in [4.69, 9.17) is 4.74 Å². The lowest BCUT2D eigenvalue weighted by atomic mass is 9.76. The molecule has 1 N–H and O–H groups in total. The Kier molecular flexibility index (Phi) is 4.39. The number of ether oxygens (including phenoxy) is 1. The van der Waals surface area contributed by atoms with Crippen LogP contribution in [0.4, 0.5) is 4.79 Å². The van der Waals surface area contributed by atoms with Crippen molar-refractivity contribution in [3.05, 3.63) is 34.4 Å². The summed E-state index contributed by atoms with van der Waals surface area (Å²) < 4.78 is 5.60. The fourth-order valence-electron chi connectivity index (χ4n) is 4.96. The van der Waals surface area contributed by atoms with E-state index in [1.54, 1.807) is 0 Å². The van der Waals surface area contributed by atoms with Crippen molar-refractivity contribution in [3.63, 3.8) is 0 Å². The average Bonchev–Trinajstić information content (AvgIpc) is 2.68. The Morgan fingerprint density at radius 2 is 1.60 bits per heavy atom. The van der Waals surface area contributed by atoms with E-state index in [2.05, 4.69) is 32.9 Å². The molecule has 1 aromatic rings. The number of benzene rings is 1. The first kappa shape index (κ1) is 18.2. The summed E-state index contributed by atoms with van der Waals surface area (Å²) in [6.45, 7) is 11.9. The van der Waals surface area contributed by atoms with Crippen LogP contribution in [0, 0.1) is 20.8 Å². The van der Waals surface area contributed by atoms with E-state index in [0.29, 0.717) is 12.8 Å². The number of aliphatic hydroxyl groups is 1. The standard InChI is InChI=1S/C21H31NO3/c1-13-9-14(2)18(15(3)10-13)21(24)11-16-7-8-17(12-21)22(16)19(23)25-20(4,5)6/h9-10,16-17,24H,7-8,11-12H2,1-6H3. The number of rotatable bonds is 1. The van der Waals surface area contributed by atoms with Crippen LogP contribution in [0.25, 0.3) is 0 Å². The Balaban J connectivity index is 1.88. The van der Waals surface area contributed by atoms with Crippen LogP contribution in [0.1, 0.15) is 68.7 Å². The number of aryl methyl sites for hydroxylation is 3. The third kappa shape index (κ3) is 3.41. The van der Waals surface area contributed by atoms with Gasteiger partial charge in [-0.15, -0.1) is 0 Å². The lowest BCUT2D eigenvalue weighted by Gasteiger charge is -2.45. The largest absolute Gasteiger partial charge is 0.444 e. The van der Waals surface area contributed by atoms with E-state index in [9.17, 15) is 9.90 Å². The van der Waals surface area contributed by atoms with Gasteiger partial charge >= 0.3 is 6.09 Å². The molecular weight excluding hydrogens is 314 g/mol. The second-order valence-electron chi connectivity index (χ2n) is 8.99. The SMILES string of the molecule is Cc1cc(C)c(C2(O)CC3CCC(C2)N3C(=O)OC(C)(C)C)c(C)c1. The molecule has 2 saturated heterocycles. The molecule has 2 aliphatic rings. The molecule has 1 amide bonds. The number of hydrogen-bond donors (Lipinski definition) is 1. The number of carbonyl (C=O) groups excluding carboxylic acids is 1. The van der Waals surface area contributed by atoms with Gasteiger partial charge in [-0.1, -0.05) is 17.7 Å². The molecule has 2 heterocycles. The predicted molar refractivity (Wildman–Crippen MR) is 98.7 cm³/mol. The van der Waals surface area contributed by atoms with Crippen molar-refractivity contribution in [2.75, 3.05) is 0 Å². The summed E-state index contributed by atoms with van der Waals surface area (Å²) in [5.41, 5.74) is 3.21. The minimum Gasteiger partial charge on any atom is -0.444 e. The molecule has 3 rings (SSSR count). The molecule has 25 heavy (non-hydrogen) atoms. The van der Waals surface area contributed by atoms with E-state index < -0.39 is 11.2 Å². The molecule has 138 valence electrons. The van der Waals surface area contributed by atoms with Crippen LogP contribution in [0.2, 0.25) is 0 Å². The van der Waals surface area contributed by atoms with Crippen LogP contribution in [0.3, 0.4) is 0 Å². The molecule has 0 aliphatic carbocycles. The van der Waals surface area contributed by atoms with Gasteiger partial charge < -0.3 is 14.7 Å². The molecule has 0 aromatic heterocycles. The number of nitrogens with zero attached hydrogens (tertiary/aromatic N) is 1. The van der Waals surface area contributed by atoms with Crippen LogP contribution in [0.5, 0.6) is 0 Å². The van der Waals surface area contributed by atoms with Gasteiger partial charge in [-0.3, -0.25) is 0 Å². The zero-order chi connectivity index (χ0) is 18.6. The Morgan fingerprint density at radius 1 is 1.12 bits per heavy atom. The van der Waals surface area contributed by atoms with E-state index >= 15 is 0 Å². The Hall–Kier alpha value is -1.55. The summed E-state index contributed by atoms with van der Waals surface area (Å²) in [5, 5.41) is 11.5. The first-order valence-electron chi connectivity index (χ1n) is 9.32. The van der Waals surface area contributed by atoms with Crippen molar-refractivity contribution in [2.45, 2.75) is 90.5 Å².